The van der Waals surface area contributed by atoms with Crippen molar-refractivity contribution in [2.75, 3.05) is 7.11 Å². The first-order valence-electron chi connectivity index (χ1n) is 5.53. The van der Waals surface area contributed by atoms with E-state index < -0.39 is 14.0 Å². The van der Waals surface area contributed by atoms with E-state index in [0.717, 1.165) is 0 Å². The highest BCUT2D eigenvalue weighted by atomic mass is 28.3. The van der Waals surface area contributed by atoms with E-state index in [1.807, 2.05) is 0 Å². The van der Waals surface area contributed by atoms with Gasteiger partial charge in [0.1, 0.15) is 14.1 Å². The Labute approximate surface area is 108 Å². The van der Waals surface area contributed by atoms with Crippen molar-refractivity contribution in [1.82, 2.24) is 0 Å². The number of rotatable bonds is 1. The van der Waals surface area contributed by atoms with Crippen LogP contribution in [0, 0.1) is 22.8 Å². The summed E-state index contributed by atoms with van der Waals surface area (Å²) in [5.74, 6) is 2.58. The highest BCUT2D eigenvalue weighted by Gasteiger charge is 2.10. The number of benzene rings is 1. The van der Waals surface area contributed by atoms with Gasteiger partial charge < -0.3 is 4.74 Å². The summed E-state index contributed by atoms with van der Waals surface area (Å²) in [6.45, 7) is 6.40. The van der Waals surface area contributed by atoms with E-state index in [4.69, 9.17) is 5.26 Å². The summed E-state index contributed by atoms with van der Waals surface area (Å²) in [6.07, 6.45) is 0. The molecule has 0 aliphatic rings. The predicted molar refractivity (Wildman–Crippen MR) is 72.7 cm³/mol. The average Bonchev–Trinajstić information content (AvgIpc) is 2.34. The first-order valence-corrected chi connectivity index (χ1v) is 9.03. The maximum Gasteiger partial charge on any atom is 0.337 e. The molecule has 0 N–H and O–H groups in total. The molecule has 0 amide bonds. The summed E-state index contributed by atoms with van der Waals surface area (Å²) in [4.78, 5) is 11.3. The Kier molecular flexibility index (Phi) is 4.31. The van der Waals surface area contributed by atoms with Gasteiger partial charge in [0.25, 0.3) is 0 Å². The molecule has 4 heteroatoms. The van der Waals surface area contributed by atoms with E-state index in [9.17, 15) is 4.79 Å². The molecule has 0 radical (unpaired) electrons. The van der Waals surface area contributed by atoms with Gasteiger partial charge >= 0.3 is 5.97 Å². The van der Waals surface area contributed by atoms with E-state index in [-0.39, 0.29) is 0 Å². The molecule has 0 unspecified atom stereocenters. The molecule has 1 rings (SSSR count). The van der Waals surface area contributed by atoms with Gasteiger partial charge in [-0.05, 0) is 18.2 Å². The molecule has 18 heavy (non-hydrogen) atoms. The standard InChI is InChI=1S/C14H15NO2Si/c1-17-14(16)12-6-5-11(13(9-12)10-15)7-8-18(2,3)4/h5-6,9H,1-4H3. The zero-order valence-electron chi connectivity index (χ0n) is 11.0. The fourth-order valence-electron chi connectivity index (χ4n) is 1.25. The third-order valence-electron chi connectivity index (χ3n) is 2.13. The fourth-order valence-corrected chi connectivity index (χ4v) is 1.76. The van der Waals surface area contributed by atoms with Crippen LogP contribution in [-0.2, 0) is 4.74 Å². The average molecular weight is 257 g/mol. The maximum atomic E-state index is 11.3. The number of ether oxygens (including phenoxy) is 1. The summed E-state index contributed by atoms with van der Waals surface area (Å²) in [5, 5.41) is 9.07. The third-order valence-corrected chi connectivity index (χ3v) is 3.01. The highest BCUT2D eigenvalue weighted by molar-refractivity contribution is 6.83. The van der Waals surface area contributed by atoms with Gasteiger partial charge in [0, 0.05) is 5.56 Å². The third kappa shape index (κ3) is 3.76. The van der Waals surface area contributed by atoms with Gasteiger partial charge in [0.05, 0.1) is 18.2 Å². The maximum absolute atomic E-state index is 11.3. The summed E-state index contributed by atoms with van der Waals surface area (Å²) in [7, 11) is -0.167. The largest absolute Gasteiger partial charge is 0.465 e. The highest BCUT2D eigenvalue weighted by Crippen LogP contribution is 2.12. The van der Waals surface area contributed by atoms with Crippen LogP contribution >= 0.6 is 0 Å². The van der Waals surface area contributed by atoms with Crippen LogP contribution in [0.5, 0.6) is 0 Å². The van der Waals surface area contributed by atoms with Crippen molar-refractivity contribution in [2.24, 2.45) is 0 Å². The molecule has 92 valence electrons. The normalized spacial score (nSPS) is 9.94. The molecule has 0 saturated heterocycles. The number of carbonyl (C=O) groups is 1. The van der Waals surface area contributed by atoms with Crippen molar-refractivity contribution < 1.29 is 9.53 Å². The molecule has 0 aromatic heterocycles. The van der Waals surface area contributed by atoms with Crippen molar-refractivity contribution in [3.8, 4) is 17.5 Å². The lowest BCUT2D eigenvalue weighted by molar-refractivity contribution is 0.0600. The van der Waals surface area contributed by atoms with Crippen LogP contribution in [0.3, 0.4) is 0 Å². The summed E-state index contributed by atoms with van der Waals surface area (Å²) in [6, 6.07) is 6.89. The lowest BCUT2D eigenvalue weighted by Gasteiger charge is -2.04. The number of carbonyl (C=O) groups excluding carboxylic acids is 1. The van der Waals surface area contributed by atoms with E-state index in [1.54, 1.807) is 12.1 Å². The molecule has 0 bridgehead atoms. The van der Waals surface area contributed by atoms with Crippen LogP contribution in [0.1, 0.15) is 21.5 Å². The number of hydrogen-bond acceptors (Lipinski definition) is 3. The van der Waals surface area contributed by atoms with Crippen molar-refractivity contribution in [1.29, 1.82) is 5.26 Å². The van der Waals surface area contributed by atoms with Crippen LogP contribution in [-0.4, -0.2) is 21.2 Å². The molecule has 3 nitrogen and oxygen atoms in total. The Morgan fingerprint density at radius 2 is 1.94 bits per heavy atom. The second kappa shape index (κ2) is 5.53. The molecule has 0 spiro atoms. The fraction of sp³-hybridized carbons (Fsp3) is 0.286. The minimum absolute atomic E-state index is 0.368. The lowest BCUT2D eigenvalue weighted by atomic mass is 10.1. The van der Waals surface area contributed by atoms with E-state index in [2.05, 4.69) is 41.9 Å². The van der Waals surface area contributed by atoms with Crippen LogP contribution in [0.4, 0.5) is 0 Å². The molecule has 0 saturated carbocycles. The van der Waals surface area contributed by atoms with Gasteiger partial charge in [-0.3, -0.25) is 0 Å². The van der Waals surface area contributed by atoms with Crippen LogP contribution in [0.2, 0.25) is 19.6 Å². The SMILES string of the molecule is COC(=O)c1ccc(C#C[Si](C)(C)C)c(C#N)c1. The number of hydrogen-bond donors (Lipinski definition) is 0. The van der Waals surface area contributed by atoms with Crippen LogP contribution in [0.25, 0.3) is 0 Å². The number of nitriles is 1. The van der Waals surface area contributed by atoms with E-state index >= 15 is 0 Å². The van der Waals surface area contributed by atoms with Crippen LogP contribution in [0.15, 0.2) is 18.2 Å². The van der Waals surface area contributed by atoms with E-state index in [0.29, 0.717) is 16.7 Å². The Morgan fingerprint density at radius 3 is 2.44 bits per heavy atom. The number of nitrogens with zero attached hydrogens (tertiary/aromatic N) is 1. The number of methoxy groups -OCH3 is 1. The molecular weight excluding hydrogens is 242 g/mol. The van der Waals surface area contributed by atoms with Crippen molar-refractivity contribution in [3.63, 3.8) is 0 Å². The molecule has 1 aromatic rings. The Balaban J connectivity index is 3.20. The van der Waals surface area contributed by atoms with Crippen molar-refractivity contribution >= 4 is 14.0 Å². The molecule has 0 aliphatic carbocycles. The van der Waals surface area contributed by atoms with Gasteiger partial charge in [0.15, 0.2) is 0 Å². The predicted octanol–water partition coefficient (Wildman–Crippen LogP) is 2.57. The van der Waals surface area contributed by atoms with Gasteiger partial charge in [-0.1, -0.05) is 25.6 Å². The smallest absolute Gasteiger partial charge is 0.337 e. The molecule has 0 heterocycles. The topological polar surface area (TPSA) is 50.1 Å². The van der Waals surface area contributed by atoms with Gasteiger partial charge in [0.2, 0.25) is 0 Å². The second-order valence-corrected chi connectivity index (χ2v) is 9.61. The summed E-state index contributed by atoms with van der Waals surface area (Å²) >= 11 is 0. The zero-order valence-corrected chi connectivity index (χ0v) is 12.0. The van der Waals surface area contributed by atoms with Crippen molar-refractivity contribution in [2.45, 2.75) is 19.6 Å². The zero-order chi connectivity index (χ0) is 13.8. The second-order valence-electron chi connectivity index (χ2n) is 4.86. The minimum Gasteiger partial charge on any atom is -0.465 e. The molecule has 1 aromatic carbocycles. The molecule has 0 fully saturated rings. The number of esters is 1. The van der Waals surface area contributed by atoms with Gasteiger partial charge in [-0.2, -0.15) is 5.26 Å². The summed E-state index contributed by atoms with van der Waals surface area (Å²) < 4.78 is 4.61. The molecule has 0 atom stereocenters. The van der Waals surface area contributed by atoms with Gasteiger partial charge in [-0.25, -0.2) is 4.79 Å². The minimum atomic E-state index is -1.48. The molecule has 0 aliphatic heterocycles. The molecular formula is C14H15NO2Si. The lowest BCUT2D eigenvalue weighted by Crippen LogP contribution is -2.16. The van der Waals surface area contributed by atoms with Crippen LogP contribution < -0.4 is 0 Å². The first kappa shape index (κ1) is 14.0. The Bertz CT molecular complexity index is 568. The van der Waals surface area contributed by atoms with Gasteiger partial charge in [-0.15, -0.1) is 5.54 Å². The quantitative estimate of drug-likeness (QED) is 0.441. The van der Waals surface area contributed by atoms with Crippen molar-refractivity contribution in [3.05, 3.63) is 34.9 Å². The monoisotopic (exact) mass is 257 g/mol. The Hall–Kier alpha value is -2.04. The summed E-state index contributed by atoms with van der Waals surface area (Å²) in [5.41, 5.74) is 4.63. The van der Waals surface area contributed by atoms with E-state index in [1.165, 1.54) is 13.2 Å². The Morgan fingerprint density at radius 1 is 1.28 bits per heavy atom. The first-order chi connectivity index (χ1) is 8.37.